The molecular formula is C51H53N7O3S. The van der Waals surface area contributed by atoms with Crippen molar-refractivity contribution in [3.8, 4) is 16.5 Å². The van der Waals surface area contributed by atoms with Crippen molar-refractivity contribution in [2.45, 2.75) is 70.8 Å². The summed E-state index contributed by atoms with van der Waals surface area (Å²) in [7, 11) is 0. The molecule has 3 aliphatic rings. The number of nitrogens with one attached hydrogen (secondary N) is 1. The molecule has 1 saturated heterocycles. The minimum Gasteiger partial charge on any atom is -0.508 e. The number of hydrogen-bond donors (Lipinski definition) is 2. The van der Waals surface area contributed by atoms with Gasteiger partial charge in [0.2, 0.25) is 0 Å². The van der Waals surface area contributed by atoms with Gasteiger partial charge in [0.05, 0.1) is 18.3 Å². The van der Waals surface area contributed by atoms with Crippen LogP contribution in [0.15, 0.2) is 119 Å². The van der Waals surface area contributed by atoms with Crippen molar-refractivity contribution in [2.24, 2.45) is 10.9 Å². The van der Waals surface area contributed by atoms with E-state index in [0.717, 1.165) is 78.3 Å². The number of anilines is 1. The smallest absolute Gasteiger partial charge is 0.196 e. The standard InChI is InChI=1S/C51H53N7O3S/c1-32-33(2)62-51-47(32)49(54-45(29-46-53-24-27-61-46)50-56-55-34(3)58(50)51)38-11-16-40(17-12-38)57-25-7-8-35(31-57)30-52-23-26-60-42-19-13-37(14-20-42)48-43(36-9-5-4-6-10-36)21-15-39-28-41(59)18-22-44(39)48/h4-6,9-14,16-20,22,24,27-28,35,43,45,48,52,59H,7-8,15,21,23,25-26,29-31H2,1-3H3/t35-,43+,45?,48-/m0/s1. The van der Waals surface area contributed by atoms with E-state index >= 15 is 0 Å². The first kappa shape index (κ1) is 40.1. The predicted molar refractivity (Wildman–Crippen MR) is 246 cm³/mol. The molecule has 1 fully saturated rings. The number of aliphatic imine (C=N–C) groups is 1. The highest BCUT2D eigenvalue weighted by Gasteiger charge is 2.34. The molecule has 10 rings (SSSR count). The van der Waals surface area contributed by atoms with E-state index in [0.29, 0.717) is 36.5 Å². The fourth-order valence-corrected chi connectivity index (χ4v) is 11.2. The van der Waals surface area contributed by atoms with Crippen LogP contribution in [-0.4, -0.2) is 63.4 Å². The number of ether oxygens (including phenoxy) is 1. The Balaban J connectivity index is 0.765. The van der Waals surface area contributed by atoms with Crippen molar-refractivity contribution in [1.82, 2.24) is 25.1 Å². The minimum atomic E-state index is -0.291. The molecule has 316 valence electrons. The number of fused-ring (bicyclic) bond motifs is 4. The Bertz CT molecular complexity index is 2670. The van der Waals surface area contributed by atoms with E-state index in [1.54, 1.807) is 23.8 Å². The molecule has 3 aromatic heterocycles. The van der Waals surface area contributed by atoms with Crippen molar-refractivity contribution >= 4 is 22.7 Å². The van der Waals surface area contributed by atoms with Gasteiger partial charge in [-0.3, -0.25) is 9.56 Å². The fraction of sp³-hybridized carbons (Fsp3) is 0.333. The molecule has 0 bridgehead atoms. The molecule has 1 aliphatic carbocycles. The van der Waals surface area contributed by atoms with E-state index in [2.05, 4.69) is 129 Å². The number of oxazole rings is 1. The summed E-state index contributed by atoms with van der Waals surface area (Å²) in [5.74, 6) is 4.68. The molecule has 11 heteroatoms. The van der Waals surface area contributed by atoms with Gasteiger partial charge in [-0.15, -0.1) is 21.5 Å². The molecule has 2 N–H and O–H groups in total. The first-order chi connectivity index (χ1) is 30.4. The van der Waals surface area contributed by atoms with Crippen molar-refractivity contribution in [3.63, 3.8) is 0 Å². The molecule has 0 radical (unpaired) electrons. The number of thiophene rings is 1. The van der Waals surface area contributed by atoms with Crippen molar-refractivity contribution in [3.05, 3.63) is 171 Å². The monoisotopic (exact) mass is 843 g/mol. The van der Waals surface area contributed by atoms with Crippen LogP contribution in [0.1, 0.15) is 98.5 Å². The lowest BCUT2D eigenvalue weighted by molar-refractivity contribution is 0.303. The maximum absolute atomic E-state index is 10.2. The summed E-state index contributed by atoms with van der Waals surface area (Å²) in [5, 5.41) is 24.1. The number of phenolic OH excluding ortho intramolecular Hbond substituents is 1. The van der Waals surface area contributed by atoms with E-state index in [4.69, 9.17) is 14.1 Å². The zero-order valence-corrected chi connectivity index (χ0v) is 36.4. The highest BCUT2D eigenvalue weighted by atomic mass is 32.1. The van der Waals surface area contributed by atoms with Gasteiger partial charge < -0.3 is 24.5 Å². The van der Waals surface area contributed by atoms with Crippen molar-refractivity contribution in [2.75, 3.05) is 37.7 Å². The van der Waals surface area contributed by atoms with Crippen LogP contribution in [0.2, 0.25) is 0 Å². The average Bonchev–Trinajstić information content (AvgIpc) is 4.01. The van der Waals surface area contributed by atoms with Gasteiger partial charge in [-0.25, -0.2) is 4.98 Å². The Morgan fingerprint density at radius 3 is 2.56 bits per heavy atom. The van der Waals surface area contributed by atoms with E-state index in [9.17, 15) is 5.11 Å². The topological polar surface area (TPSA) is 114 Å². The number of nitrogens with zero attached hydrogens (tertiary/aromatic N) is 6. The van der Waals surface area contributed by atoms with Gasteiger partial charge in [0.1, 0.15) is 41.2 Å². The van der Waals surface area contributed by atoms with Crippen LogP contribution < -0.4 is 15.0 Å². The Morgan fingerprint density at radius 2 is 1.76 bits per heavy atom. The highest BCUT2D eigenvalue weighted by Crippen LogP contribution is 2.47. The molecule has 10 nitrogen and oxygen atoms in total. The quantitative estimate of drug-likeness (QED) is 0.117. The number of hydrogen-bond acceptors (Lipinski definition) is 10. The van der Waals surface area contributed by atoms with Crippen LogP contribution in [-0.2, 0) is 12.8 Å². The number of rotatable bonds is 12. The number of benzene rings is 4. The molecule has 0 amide bonds. The minimum absolute atomic E-state index is 0.224. The summed E-state index contributed by atoms with van der Waals surface area (Å²) in [4.78, 5) is 13.6. The lowest BCUT2D eigenvalue weighted by Gasteiger charge is -2.35. The third kappa shape index (κ3) is 7.95. The summed E-state index contributed by atoms with van der Waals surface area (Å²) in [6.45, 7) is 10.8. The summed E-state index contributed by atoms with van der Waals surface area (Å²) in [5.41, 5.74) is 10.9. The van der Waals surface area contributed by atoms with Gasteiger partial charge in [0, 0.05) is 47.2 Å². The van der Waals surface area contributed by atoms with Gasteiger partial charge in [-0.05, 0) is 129 Å². The normalized spacial score (nSPS) is 19.6. The second kappa shape index (κ2) is 17.4. The Kier molecular flexibility index (Phi) is 11.2. The summed E-state index contributed by atoms with van der Waals surface area (Å²) >= 11 is 1.77. The largest absolute Gasteiger partial charge is 0.508 e. The Morgan fingerprint density at radius 1 is 0.919 bits per heavy atom. The first-order valence-electron chi connectivity index (χ1n) is 22.0. The average molecular weight is 844 g/mol. The third-order valence-electron chi connectivity index (χ3n) is 13.2. The van der Waals surface area contributed by atoms with Crippen LogP contribution in [0.4, 0.5) is 5.69 Å². The van der Waals surface area contributed by atoms with Crippen molar-refractivity contribution in [1.29, 1.82) is 0 Å². The SMILES string of the molecule is Cc1sc2c(c1C)C(c1ccc(N3CCC[C@@H](CNCCOc4ccc([C@@H]5c6ccc(O)cc6CC[C@@H]5c5ccccc5)cc4)C3)cc1)=NC(Cc1ncco1)c1nnc(C)n1-2. The Hall–Kier alpha value is -6.04. The summed E-state index contributed by atoms with van der Waals surface area (Å²) in [6.07, 6.45) is 8.18. The van der Waals surface area contributed by atoms with Crippen LogP contribution >= 0.6 is 11.3 Å². The number of aryl methyl sites for hydroxylation is 3. The number of phenols is 1. The van der Waals surface area contributed by atoms with E-state index in [1.807, 2.05) is 19.1 Å². The number of piperidine rings is 1. The molecule has 2 aliphatic heterocycles. The zero-order valence-electron chi connectivity index (χ0n) is 35.6. The van der Waals surface area contributed by atoms with E-state index < -0.39 is 0 Å². The molecule has 0 saturated carbocycles. The molecule has 4 aromatic carbocycles. The zero-order chi connectivity index (χ0) is 42.2. The molecule has 7 aromatic rings. The molecular weight excluding hydrogens is 791 g/mol. The maximum Gasteiger partial charge on any atom is 0.196 e. The third-order valence-corrected chi connectivity index (χ3v) is 14.3. The molecule has 1 unspecified atom stereocenters. The molecule has 4 atom stereocenters. The van der Waals surface area contributed by atoms with Gasteiger partial charge in [-0.1, -0.05) is 60.7 Å². The molecule has 62 heavy (non-hydrogen) atoms. The van der Waals surface area contributed by atoms with Gasteiger partial charge in [0.25, 0.3) is 0 Å². The Labute approximate surface area is 367 Å². The molecule has 0 spiro atoms. The van der Waals surface area contributed by atoms with Crippen LogP contribution in [0.3, 0.4) is 0 Å². The lowest BCUT2D eigenvalue weighted by Crippen LogP contribution is -2.40. The molecule has 5 heterocycles. The fourth-order valence-electron chi connectivity index (χ4n) is 9.94. The lowest BCUT2D eigenvalue weighted by atomic mass is 9.69. The highest BCUT2D eigenvalue weighted by molar-refractivity contribution is 7.15. The van der Waals surface area contributed by atoms with Gasteiger partial charge in [-0.2, -0.15) is 0 Å². The van der Waals surface area contributed by atoms with E-state index in [-0.39, 0.29) is 12.0 Å². The van der Waals surface area contributed by atoms with Gasteiger partial charge in [0.15, 0.2) is 11.7 Å². The van der Waals surface area contributed by atoms with Crippen LogP contribution in [0, 0.1) is 26.7 Å². The number of aromatic hydroxyl groups is 1. The van der Waals surface area contributed by atoms with E-state index in [1.165, 1.54) is 51.2 Å². The summed E-state index contributed by atoms with van der Waals surface area (Å²) < 4.78 is 14.1. The van der Waals surface area contributed by atoms with Crippen molar-refractivity contribution < 1.29 is 14.3 Å². The second-order valence-corrected chi connectivity index (χ2v) is 18.3. The number of aromatic nitrogens is 4. The van der Waals surface area contributed by atoms with Gasteiger partial charge >= 0.3 is 0 Å². The second-order valence-electron chi connectivity index (χ2n) is 17.1. The van der Waals surface area contributed by atoms with Crippen LogP contribution in [0.5, 0.6) is 11.5 Å². The maximum atomic E-state index is 10.2. The predicted octanol–water partition coefficient (Wildman–Crippen LogP) is 9.83. The van der Waals surface area contributed by atoms with Crippen LogP contribution in [0.25, 0.3) is 5.00 Å². The summed E-state index contributed by atoms with van der Waals surface area (Å²) in [6, 6.07) is 34.1. The first-order valence-corrected chi connectivity index (χ1v) is 22.8.